The molecule has 1 saturated heterocycles. The number of nitrogens with zero attached hydrogens (tertiary/aromatic N) is 1. The van der Waals surface area contributed by atoms with Crippen molar-refractivity contribution in [2.75, 3.05) is 36.1 Å². The fraction of sp³-hybridized carbons (Fsp3) is 0.889. The number of carbonyl (C=O) groups is 1. The minimum atomic E-state index is -0.668. The largest absolute Gasteiger partial charge is 0.480 e. The summed E-state index contributed by atoms with van der Waals surface area (Å²) in [4.78, 5) is 13.0. The topological polar surface area (TPSA) is 40.5 Å². The van der Waals surface area contributed by atoms with Crippen molar-refractivity contribution in [1.29, 1.82) is 0 Å². The number of carboxylic acid groups (broad SMARTS) is 1. The Labute approximate surface area is 93.6 Å². The third-order valence-electron chi connectivity index (χ3n) is 2.25. The minimum absolute atomic E-state index is 0.258. The molecule has 1 unspecified atom stereocenters. The summed E-state index contributed by atoms with van der Waals surface area (Å²) in [6.45, 7) is 3.97. The Morgan fingerprint density at radius 1 is 1.71 bits per heavy atom. The fourth-order valence-electron chi connectivity index (χ4n) is 1.46. The van der Waals surface area contributed by atoms with Crippen LogP contribution in [0.15, 0.2) is 0 Å². The first-order valence-electron chi connectivity index (χ1n) is 4.88. The summed E-state index contributed by atoms with van der Waals surface area (Å²) in [6, 6.07) is -0.258. The van der Waals surface area contributed by atoms with E-state index in [1.54, 1.807) is 11.8 Å². The summed E-state index contributed by atoms with van der Waals surface area (Å²) < 4.78 is 0. The zero-order valence-electron chi connectivity index (χ0n) is 8.44. The van der Waals surface area contributed by atoms with Crippen LogP contribution in [0, 0.1) is 0 Å². The Morgan fingerprint density at radius 2 is 2.50 bits per heavy atom. The van der Waals surface area contributed by atoms with E-state index in [0.717, 1.165) is 36.1 Å². The Bertz CT molecular complexity index is 190. The Hall–Kier alpha value is 0.130. The van der Waals surface area contributed by atoms with Crippen LogP contribution >= 0.6 is 23.5 Å². The van der Waals surface area contributed by atoms with Gasteiger partial charge in [-0.3, -0.25) is 9.69 Å². The van der Waals surface area contributed by atoms with Crippen molar-refractivity contribution < 1.29 is 9.90 Å². The van der Waals surface area contributed by atoms with E-state index >= 15 is 0 Å². The highest BCUT2D eigenvalue weighted by atomic mass is 32.2. The van der Waals surface area contributed by atoms with E-state index in [1.165, 1.54) is 0 Å². The van der Waals surface area contributed by atoms with Crippen molar-refractivity contribution in [3.63, 3.8) is 0 Å². The first-order chi connectivity index (χ1) is 6.75. The van der Waals surface area contributed by atoms with E-state index in [-0.39, 0.29) is 6.04 Å². The van der Waals surface area contributed by atoms with Gasteiger partial charge in [-0.2, -0.15) is 23.5 Å². The summed E-state index contributed by atoms with van der Waals surface area (Å²) in [7, 11) is 0. The monoisotopic (exact) mass is 235 g/mol. The molecule has 82 valence electrons. The predicted molar refractivity (Wildman–Crippen MR) is 63.3 cm³/mol. The van der Waals surface area contributed by atoms with Crippen LogP contribution in [0.3, 0.4) is 0 Å². The highest BCUT2D eigenvalue weighted by Gasteiger charge is 2.27. The molecule has 0 aromatic carbocycles. The van der Waals surface area contributed by atoms with Crippen LogP contribution in [-0.2, 0) is 4.79 Å². The van der Waals surface area contributed by atoms with E-state index in [1.807, 2.05) is 11.8 Å². The molecule has 0 aliphatic carbocycles. The zero-order valence-corrected chi connectivity index (χ0v) is 10.1. The molecule has 14 heavy (non-hydrogen) atoms. The third kappa shape index (κ3) is 3.71. The average molecular weight is 235 g/mol. The van der Waals surface area contributed by atoms with Crippen LogP contribution in [0.2, 0.25) is 0 Å². The standard InChI is InChI=1S/C9H17NO2S2/c1-2-13-5-3-10-4-6-14-7-8(10)9(11)12/h8H,2-7H2,1H3,(H,11,12). The highest BCUT2D eigenvalue weighted by molar-refractivity contribution is 7.99. The lowest BCUT2D eigenvalue weighted by atomic mass is 10.3. The maximum Gasteiger partial charge on any atom is 0.321 e. The summed E-state index contributed by atoms with van der Waals surface area (Å²) in [5, 5.41) is 9.00. The van der Waals surface area contributed by atoms with Gasteiger partial charge in [-0.1, -0.05) is 6.92 Å². The van der Waals surface area contributed by atoms with Gasteiger partial charge < -0.3 is 5.11 Å². The number of aliphatic carboxylic acids is 1. The molecule has 0 radical (unpaired) electrons. The second-order valence-electron chi connectivity index (χ2n) is 3.16. The summed E-state index contributed by atoms with van der Waals surface area (Å²) >= 11 is 3.62. The molecular formula is C9H17NO2S2. The van der Waals surface area contributed by atoms with Crippen molar-refractivity contribution >= 4 is 29.5 Å². The lowest BCUT2D eigenvalue weighted by Gasteiger charge is -2.32. The van der Waals surface area contributed by atoms with E-state index in [4.69, 9.17) is 5.11 Å². The highest BCUT2D eigenvalue weighted by Crippen LogP contribution is 2.17. The molecule has 1 N–H and O–H groups in total. The smallest absolute Gasteiger partial charge is 0.321 e. The predicted octanol–water partition coefficient (Wildman–Crippen LogP) is 1.24. The first kappa shape index (κ1) is 12.2. The van der Waals surface area contributed by atoms with Crippen molar-refractivity contribution in [2.45, 2.75) is 13.0 Å². The van der Waals surface area contributed by atoms with E-state index in [9.17, 15) is 4.79 Å². The van der Waals surface area contributed by atoms with Crippen LogP contribution in [-0.4, -0.2) is 58.1 Å². The molecule has 0 spiro atoms. The maximum absolute atomic E-state index is 10.9. The molecular weight excluding hydrogens is 218 g/mol. The molecule has 1 aliphatic heterocycles. The molecule has 0 aromatic heterocycles. The number of carboxylic acids is 1. The minimum Gasteiger partial charge on any atom is -0.480 e. The van der Waals surface area contributed by atoms with Gasteiger partial charge in [0.2, 0.25) is 0 Å². The van der Waals surface area contributed by atoms with Gasteiger partial charge in [0.25, 0.3) is 0 Å². The molecule has 1 heterocycles. The maximum atomic E-state index is 10.9. The van der Waals surface area contributed by atoms with Gasteiger partial charge in [0.1, 0.15) is 6.04 Å². The lowest BCUT2D eigenvalue weighted by Crippen LogP contribution is -2.48. The normalized spacial score (nSPS) is 23.6. The lowest BCUT2D eigenvalue weighted by molar-refractivity contribution is -0.142. The van der Waals surface area contributed by atoms with Crippen LogP contribution in [0.5, 0.6) is 0 Å². The van der Waals surface area contributed by atoms with Crippen LogP contribution in [0.25, 0.3) is 0 Å². The zero-order chi connectivity index (χ0) is 10.4. The fourth-order valence-corrected chi connectivity index (χ4v) is 3.22. The first-order valence-corrected chi connectivity index (χ1v) is 7.19. The molecule has 0 saturated carbocycles. The van der Waals surface area contributed by atoms with Gasteiger partial charge in [0, 0.05) is 30.3 Å². The van der Waals surface area contributed by atoms with Crippen molar-refractivity contribution in [3.8, 4) is 0 Å². The summed E-state index contributed by atoms with van der Waals surface area (Å²) in [5.41, 5.74) is 0. The van der Waals surface area contributed by atoms with Gasteiger partial charge >= 0.3 is 5.97 Å². The molecule has 1 aliphatic rings. The molecule has 5 heteroatoms. The summed E-state index contributed by atoms with van der Waals surface area (Å²) in [5.74, 6) is 3.30. The van der Waals surface area contributed by atoms with E-state index < -0.39 is 5.97 Å². The second-order valence-corrected chi connectivity index (χ2v) is 5.71. The molecule has 0 amide bonds. The molecule has 3 nitrogen and oxygen atoms in total. The van der Waals surface area contributed by atoms with Crippen LogP contribution < -0.4 is 0 Å². The quantitative estimate of drug-likeness (QED) is 0.726. The SMILES string of the molecule is CCSCCN1CCSCC1C(=O)O. The Morgan fingerprint density at radius 3 is 3.14 bits per heavy atom. The number of rotatable bonds is 5. The average Bonchev–Trinajstić information content (AvgIpc) is 2.19. The molecule has 0 aromatic rings. The molecule has 0 bridgehead atoms. The number of hydrogen-bond donors (Lipinski definition) is 1. The van der Waals surface area contributed by atoms with E-state index in [0.29, 0.717) is 0 Å². The van der Waals surface area contributed by atoms with Crippen LogP contribution in [0.1, 0.15) is 6.92 Å². The van der Waals surface area contributed by atoms with E-state index in [2.05, 4.69) is 11.8 Å². The van der Waals surface area contributed by atoms with Gasteiger partial charge in [0.05, 0.1) is 0 Å². The molecule has 1 rings (SSSR count). The molecule has 1 atom stereocenters. The third-order valence-corrected chi connectivity index (χ3v) is 4.15. The van der Waals surface area contributed by atoms with Gasteiger partial charge in [-0.25, -0.2) is 0 Å². The van der Waals surface area contributed by atoms with Crippen molar-refractivity contribution in [2.24, 2.45) is 0 Å². The van der Waals surface area contributed by atoms with Gasteiger partial charge in [0.15, 0.2) is 0 Å². The Balaban J connectivity index is 2.34. The van der Waals surface area contributed by atoms with Crippen molar-refractivity contribution in [3.05, 3.63) is 0 Å². The van der Waals surface area contributed by atoms with Crippen LogP contribution in [0.4, 0.5) is 0 Å². The van der Waals surface area contributed by atoms with Crippen molar-refractivity contribution in [1.82, 2.24) is 4.90 Å². The number of thioether (sulfide) groups is 2. The molecule has 1 fully saturated rings. The Kier molecular flexibility index (Phi) is 5.74. The second kappa shape index (κ2) is 6.58. The van der Waals surface area contributed by atoms with Gasteiger partial charge in [-0.05, 0) is 5.75 Å². The van der Waals surface area contributed by atoms with Gasteiger partial charge in [-0.15, -0.1) is 0 Å². The summed E-state index contributed by atoms with van der Waals surface area (Å²) in [6.07, 6.45) is 0. The number of hydrogen-bond acceptors (Lipinski definition) is 4.